The first-order valence-electron chi connectivity index (χ1n) is 8.55. The molecule has 0 aromatic heterocycles. The third-order valence-electron chi connectivity index (χ3n) is 4.17. The largest absolute Gasteiger partial charge is 0.489 e. The molecule has 27 heavy (non-hydrogen) atoms. The third kappa shape index (κ3) is 5.25. The number of rotatable bonds is 6. The number of nitrogens with one attached hydrogen (secondary N) is 1. The molecule has 0 fully saturated rings. The highest BCUT2D eigenvalue weighted by Crippen LogP contribution is 2.21. The average molecular weight is 400 g/mol. The van der Waals surface area contributed by atoms with Crippen LogP contribution >= 0.6 is 23.2 Å². The number of carbonyl (C=O) groups is 1. The highest BCUT2D eigenvalue weighted by atomic mass is 35.5. The zero-order valence-corrected chi connectivity index (χ0v) is 16.3. The minimum Gasteiger partial charge on any atom is -0.489 e. The molecular weight excluding hydrogens is 381 g/mol. The van der Waals surface area contributed by atoms with E-state index in [1.807, 2.05) is 37.3 Å². The molecule has 0 aliphatic heterocycles. The van der Waals surface area contributed by atoms with Crippen molar-refractivity contribution in [2.45, 2.75) is 19.6 Å². The first kappa shape index (κ1) is 19.3. The minimum absolute atomic E-state index is 0.122. The van der Waals surface area contributed by atoms with Crippen LogP contribution < -0.4 is 10.1 Å². The fourth-order valence-electron chi connectivity index (χ4n) is 2.68. The van der Waals surface area contributed by atoms with E-state index in [1.54, 1.807) is 42.5 Å². The van der Waals surface area contributed by atoms with Crippen LogP contribution in [0, 0.1) is 0 Å². The van der Waals surface area contributed by atoms with E-state index in [1.165, 1.54) is 0 Å². The summed E-state index contributed by atoms with van der Waals surface area (Å²) in [6, 6.07) is 22.0. The van der Waals surface area contributed by atoms with Crippen LogP contribution in [0.4, 0.5) is 0 Å². The molecule has 0 bridgehead atoms. The van der Waals surface area contributed by atoms with E-state index in [-0.39, 0.29) is 18.6 Å². The molecule has 0 aliphatic rings. The first-order chi connectivity index (χ1) is 13.0. The van der Waals surface area contributed by atoms with Gasteiger partial charge >= 0.3 is 0 Å². The van der Waals surface area contributed by atoms with Gasteiger partial charge in [-0.2, -0.15) is 0 Å². The molecular formula is C22H19Cl2NO2. The Labute approximate surface area is 168 Å². The van der Waals surface area contributed by atoms with Crippen molar-refractivity contribution in [2.75, 3.05) is 0 Å². The molecule has 0 aliphatic carbocycles. The van der Waals surface area contributed by atoms with Crippen molar-refractivity contribution in [1.82, 2.24) is 5.32 Å². The van der Waals surface area contributed by atoms with Crippen molar-refractivity contribution >= 4 is 29.1 Å². The van der Waals surface area contributed by atoms with Gasteiger partial charge in [0.05, 0.1) is 6.04 Å². The van der Waals surface area contributed by atoms with E-state index >= 15 is 0 Å². The molecule has 3 rings (SSSR count). The van der Waals surface area contributed by atoms with Gasteiger partial charge in [0.15, 0.2) is 0 Å². The Morgan fingerprint density at radius 3 is 2.33 bits per heavy atom. The summed E-state index contributed by atoms with van der Waals surface area (Å²) >= 11 is 12.0. The van der Waals surface area contributed by atoms with Crippen LogP contribution in [0.2, 0.25) is 10.0 Å². The Bertz CT molecular complexity index is 911. The van der Waals surface area contributed by atoms with Gasteiger partial charge in [0.25, 0.3) is 5.91 Å². The molecule has 1 atom stereocenters. The Kier molecular flexibility index (Phi) is 6.38. The molecule has 0 saturated carbocycles. The summed E-state index contributed by atoms with van der Waals surface area (Å²) in [5.74, 6) is 0.488. The first-order valence-corrected chi connectivity index (χ1v) is 9.31. The van der Waals surface area contributed by atoms with Crippen LogP contribution in [0.15, 0.2) is 72.8 Å². The summed E-state index contributed by atoms with van der Waals surface area (Å²) < 4.78 is 5.79. The number of amides is 1. The number of hydrogen-bond donors (Lipinski definition) is 1. The van der Waals surface area contributed by atoms with E-state index in [2.05, 4.69) is 5.32 Å². The lowest BCUT2D eigenvalue weighted by molar-refractivity contribution is 0.0937. The van der Waals surface area contributed by atoms with Gasteiger partial charge in [0.2, 0.25) is 0 Å². The molecule has 3 aromatic carbocycles. The van der Waals surface area contributed by atoms with Gasteiger partial charge in [-0.25, -0.2) is 0 Å². The van der Waals surface area contributed by atoms with Crippen LogP contribution in [-0.2, 0) is 6.61 Å². The maximum Gasteiger partial charge on any atom is 0.252 e. The molecule has 5 heteroatoms. The smallest absolute Gasteiger partial charge is 0.252 e. The summed E-state index contributed by atoms with van der Waals surface area (Å²) in [6.45, 7) is 2.20. The number of benzene rings is 3. The second-order valence-electron chi connectivity index (χ2n) is 6.15. The normalized spacial score (nSPS) is 11.7. The highest BCUT2D eigenvalue weighted by Gasteiger charge is 2.16. The monoisotopic (exact) mass is 399 g/mol. The lowest BCUT2D eigenvalue weighted by Gasteiger charge is -2.17. The van der Waals surface area contributed by atoms with Crippen molar-refractivity contribution in [3.8, 4) is 5.75 Å². The zero-order chi connectivity index (χ0) is 19.2. The average Bonchev–Trinajstić information content (AvgIpc) is 2.68. The predicted octanol–water partition coefficient (Wildman–Crippen LogP) is 6.06. The predicted molar refractivity (Wildman–Crippen MR) is 110 cm³/mol. The topological polar surface area (TPSA) is 38.3 Å². The highest BCUT2D eigenvalue weighted by molar-refractivity contribution is 6.31. The van der Waals surface area contributed by atoms with Gasteiger partial charge in [-0.15, -0.1) is 0 Å². The van der Waals surface area contributed by atoms with Gasteiger partial charge in [0, 0.05) is 21.2 Å². The summed E-state index contributed by atoms with van der Waals surface area (Å²) in [5.41, 5.74) is 2.29. The van der Waals surface area contributed by atoms with Crippen molar-refractivity contribution in [3.63, 3.8) is 0 Å². The zero-order valence-electron chi connectivity index (χ0n) is 14.8. The van der Waals surface area contributed by atoms with Gasteiger partial charge in [-0.05, 0) is 48.9 Å². The molecule has 0 unspecified atom stereocenters. The van der Waals surface area contributed by atoms with Gasteiger partial charge in [0.1, 0.15) is 12.4 Å². The van der Waals surface area contributed by atoms with E-state index in [9.17, 15) is 4.79 Å². The summed E-state index contributed by atoms with van der Waals surface area (Å²) in [6.07, 6.45) is 0. The second-order valence-corrected chi connectivity index (χ2v) is 7.02. The van der Waals surface area contributed by atoms with Crippen LogP contribution in [-0.4, -0.2) is 5.91 Å². The van der Waals surface area contributed by atoms with E-state index < -0.39 is 0 Å². The molecule has 3 nitrogen and oxygen atoms in total. The molecule has 0 heterocycles. The van der Waals surface area contributed by atoms with Crippen LogP contribution in [0.3, 0.4) is 0 Å². The standard InChI is InChI=1S/C22H19Cl2NO2/c1-15(16-5-3-2-4-6-16)25-22(26)21-13-19(24)8-7-17(21)14-27-20-11-9-18(23)10-12-20/h2-13,15H,14H2,1H3,(H,25,26)/t15-/m0/s1. The van der Waals surface area contributed by atoms with Crippen molar-refractivity contribution in [2.24, 2.45) is 0 Å². The molecule has 0 radical (unpaired) electrons. The number of halogens is 2. The molecule has 0 saturated heterocycles. The van der Waals surface area contributed by atoms with E-state index in [0.717, 1.165) is 11.1 Å². The molecule has 1 amide bonds. The van der Waals surface area contributed by atoms with Crippen molar-refractivity contribution in [1.29, 1.82) is 0 Å². The maximum atomic E-state index is 12.8. The Hall–Kier alpha value is -2.49. The van der Waals surface area contributed by atoms with Gasteiger partial charge in [-0.1, -0.05) is 59.6 Å². The molecule has 138 valence electrons. The minimum atomic E-state index is -0.191. The summed E-state index contributed by atoms with van der Waals surface area (Å²) in [7, 11) is 0. The van der Waals surface area contributed by atoms with E-state index in [0.29, 0.717) is 21.4 Å². The molecule has 3 aromatic rings. The van der Waals surface area contributed by atoms with Crippen LogP contribution in [0.1, 0.15) is 34.5 Å². The summed E-state index contributed by atoms with van der Waals surface area (Å²) in [4.78, 5) is 12.8. The van der Waals surface area contributed by atoms with Crippen molar-refractivity contribution < 1.29 is 9.53 Å². The number of carbonyl (C=O) groups excluding carboxylic acids is 1. The number of hydrogen-bond acceptors (Lipinski definition) is 2. The van der Waals surface area contributed by atoms with Crippen LogP contribution in [0.5, 0.6) is 5.75 Å². The maximum absolute atomic E-state index is 12.8. The Balaban J connectivity index is 1.74. The van der Waals surface area contributed by atoms with E-state index in [4.69, 9.17) is 27.9 Å². The third-order valence-corrected chi connectivity index (χ3v) is 4.66. The van der Waals surface area contributed by atoms with Gasteiger partial charge < -0.3 is 10.1 Å². The Morgan fingerprint density at radius 1 is 0.963 bits per heavy atom. The molecule has 1 N–H and O–H groups in total. The lowest BCUT2D eigenvalue weighted by Crippen LogP contribution is -2.27. The van der Waals surface area contributed by atoms with Crippen molar-refractivity contribution in [3.05, 3.63) is 99.5 Å². The molecule has 0 spiro atoms. The number of ether oxygens (including phenoxy) is 1. The fraction of sp³-hybridized carbons (Fsp3) is 0.136. The quantitative estimate of drug-likeness (QED) is 0.546. The lowest BCUT2D eigenvalue weighted by atomic mass is 10.1. The van der Waals surface area contributed by atoms with Crippen LogP contribution in [0.25, 0.3) is 0 Å². The second kappa shape index (κ2) is 8.94. The Morgan fingerprint density at radius 2 is 1.63 bits per heavy atom. The fourth-order valence-corrected chi connectivity index (χ4v) is 2.98. The van der Waals surface area contributed by atoms with Gasteiger partial charge in [-0.3, -0.25) is 4.79 Å². The summed E-state index contributed by atoms with van der Waals surface area (Å²) in [5, 5.41) is 4.16. The SMILES string of the molecule is C[C@H](NC(=O)c1cc(Cl)ccc1COc1ccc(Cl)cc1)c1ccccc1.